The van der Waals surface area contributed by atoms with Gasteiger partial charge in [-0.3, -0.25) is 4.98 Å². The fourth-order valence-electron chi connectivity index (χ4n) is 3.20. The van der Waals surface area contributed by atoms with E-state index < -0.39 is 5.97 Å². The maximum atomic E-state index is 11.3. The maximum absolute atomic E-state index is 11.3. The van der Waals surface area contributed by atoms with Gasteiger partial charge in [-0.25, -0.2) is 9.78 Å². The molecule has 0 saturated carbocycles. The number of rotatable bonds is 6. The molecule has 0 bridgehead atoms. The van der Waals surface area contributed by atoms with Crippen LogP contribution in [0.25, 0.3) is 0 Å². The van der Waals surface area contributed by atoms with Crippen LogP contribution in [0.1, 0.15) is 67.6 Å². The van der Waals surface area contributed by atoms with Gasteiger partial charge in [-0.1, -0.05) is 40.7 Å². The van der Waals surface area contributed by atoms with Crippen molar-refractivity contribution in [2.75, 3.05) is 4.90 Å². The van der Waals surface area contributed by atoms with Crippen molar-refractivity contribution in [2.45, 2.75) is 52.5 Å². The Hall–Kier alpha value is -3.21. The third kappa shape index (κ3) is 5.03. The second-order valence-corrected chi connectivity index (χ2v) is 8.87. The van der Waals surface area contributed by atoms with Crippen LogP contribution in [0.5, 0.6) is 0 Å². The molecule has 1 N–H and O–H groups in total. The number of aromatic carboxylic acids is 1. The first kappa shape index (κ1) is 21.5. The molecule has 0 aliphatic rings. The maximum Gasteiger partial charge on any atom is 0.337 e. The van der Waals surface area contributed by atoms with Crippen molar-refractivity contribution in [3.8, 4) is 0 Å². The third-order valence-corrected chi connectivity index (χ3v) is 5.15. The molecule has 0 fully saturated rings. The van der Waals surface area contributed by atoms with Crippen LogP contribution < -0.4 is 4.90 Å². The van der Waals surface area contributed by atoms with Gasteiger partial charge in [0.05, 0.1) is 5.56 Å². The van der Waals surface area contributed by atoms with Crippen LogP contribution in [0.3, 0.4) is 0 Å². The van der Waals surface area contributed by atoms with Crippen molar-refractivity contribution in [3.05, 3.63) is 83.3 Å². The normalized spacial score (nSPS) is 11.5. The van der Waals surface area contributed by atoms with E-state index in [2.05, 4.69) is 67.7 Å². The summed E-state index contributed by atoms with van der Waals surface area (Å²) >= 11 is 0. The number of hydrogen-bond donors (Lipinski definition) is 1. The number of aromatic nitrogens is 2. The summed E-state index contributed by atoms with van der Waals surface area (Å²) in [5.74, 6) is 0.111. The van der Waals surface area contributed by atoms with Crippen LogP contribution in [-0.2, 0) is 12.0 Å². The van der Waals surface area contributed by atoms with Crippen molar-refractivity contribution < 1.29 is 9.90 Å². The first-order valence-electron chi connectivity index (χ1n) is 10.2. The molecule has 0 aliphatic heterocycles. The molecule has 2 heterocycles. The molecule has 5 nitrogen and oxygen atoms in total. The molecule has 1 aromatic carbocycles. The minimum atomic E-state index is -0.980. The largest absolute Gasteiger partial charge is 0.478 e. The molecule has 3 rings (SSSR count). The lowest BCUT2D eigenvalue weighted by Gasteiger charge is -2.28. The van der Waals surface area contributed by atoms with Gasteiger partial charge in [-0.15, -0.1) is 0 Å². The summed E-state index contributed by atoms with van der Waals surface area (Å²) in [5, 5.41) is 9.23. The Bertz CT molecular complexity index is 1010. The molecule has 0 atom stereocenters. The summed E-state index contributed by atoms with van der Waals surface area (Å²) in [6.45, 7) is 11.6. The molecule has 5 heteroatoms. The van der Waals surface area contributed by atoms with Gasteiger partial charge in [-0.2, -0.15) is 0 Å². The summed E-state index contributed by atoms with van der Waals surface area (Å²) in [7, 11) is 0. The zero-order valence-electron chi connectivity index (χ0n) is 18.3. The van der Waals surface area contributed by atoms with Crippen molar-refractivity contribution in [1.29, 1.82) is 0 Å². The average Bonchev–Trinajstić information content (AvgIpc) is 2.72. The molecule has 3 aromatic rings. The van der Waals surface area contributed by atoms with E-state index in [4.69, 9.17) is 0 Å². The van der Waals surface area contributed by atoms with Gasteiger partial charge >= 0.3 is 5.97 Å². The lowest BCUT2D eigenvalue weighted by molar-refractivity contribution is 0.0696. The molecule has 0 radical (unpaired) electrons. The number of carboxylic acids is 1. The highest BCUT2D eigenvalue weighted by Gasteiger charge is 2.20. The smallest absolute Gasteiger partial charge is 0.337 e. The molecule has 0 aliphatic carbocycles. The molecular formula is C25H29N3O2. The Balaban J connectivity index is 2.14. The zero-order valence-corrected chi connectivity index (χ0v) is 18.3. The number of pyridine rings is 2. The summed E-state index contributed by atoms with van der Waals surface area (Å²) in [6, 6.07) is 14.0. The third-order valence-electron chi connectivity index (χ3n) is 5.15. The Morgan fingerprint density at radius 2 is 1.77 bits per heavy atom. The average molecular weight is 404 g/mol. The zero-order chi connectivity index (χ0) is 21.9. The highest BCUT2D eigenvalue weighted by molar-refractivity contribution is 5.87. The second kappa shape index (κ2) is 8.66. The molecule has 0 spiro atoms. The molecule has 2 aromatic heterocycles. The lowest BCUT2D eigenvalue weighted by Crippen LogP contribution is -2.20. The number of carbonyl (C=O) groups is 1. The number of hydrogen-bond acceptors (Lipinski definition) is 4. The van der Waals surface area contributed by atoms with Crippen molar-refractivity contribution in [3.63, 3.8) is 0 Å². The summed E-state index contributed by atoms with van der Waals surface area (Å²) in [5.41, 5.74) is 4.83. The Morgan fingerprint density at radius 1 is 1.07 bits per heavy atom. The van der Waals surface area contributed by atoms with Crippen molar-refractivity contribution >= 4 is 17.5 Å². The van der Waals surface area contributed by atoms with E-state index in [-0.39, 0.29) is 11.0 Å². The van der Waals surface area contributed by atoms with Gasteiger partial charge in [-0.05, 0) is 64.4 Å². The summed E-state index contributed by atoms with van der Waals surface area (Å²) < 4.78 is 0. The summed E-state index contributed by atoms with van der Waals surface area (Å²) in [6.07, 6.45) is 4.97. The fourth-order valence-corrected chi connectivity index (χ4v) is 3.20. The molecule has 156 valence electrons. The SMILES string of the molecule is CC(C)c1cc(N(Cc2ccncc2)c2ccc(C(=O)O)cn2)cc(C(C)(C)C)c1. The van der Waals surface area contributed by atoms with Gasteiger partial charge in [0.1, 0.15) is 5.82 Å². The minimum absolute atomic E-state index is 0.00256. The van der Waals surface area contributed by atoms with E-state index in [1.54, 1.807) is 24.5 Å². The van der Waals surface area contributed by atoms with Crippen LogP contribution in [-0.4, -0.2) is 21.0 Å². The fraction of sp³-hybridized carbons (Fsp3) is 0.320. The first-order chi connectivity index (χ1) is 14.1. The molecule has 0 saturated heterocycles. The van der Waals surface area contributed by atoms with Crippen LogP contribution in [0.2, 0.25) is 0 Å². The number of nitrogens with zero attached hydrogens (tertiary/aromatic N) is 3. The first-order valence-corrected chi connectivity index (χ1v) is 10.2. The highest BCUT2D eigenvalue weighted by Crippen LogP contribution is 2.34. The van der Waals surface area contributed by atoms with E-state index in [0.29, 0.717) is 18.3 Å². The quantitative estimate of drug-likeness (QED) is 0.552. The molecule has 30 heavy (non-hydrogen) atoms. The topological polar surface area (TPSA) is 66.3 Å². The van der Waals surface area contributed by atoms with Crippen LogP contribution >= 0.6 is 0 Å². The lowest BCUT2D eigenvalue weighted by atomic mass is 9.84. The number of anilines is 2. The minimum Gasteiger partial charge on any atom is -0.478 e. The van der Waals surface area contributed by atoms with Gasteiger partial charge in [0.15, 0.2) is 0 Å². The Morgan fingerprint density at radius 3 is 2.30 bits per heavy atom. The Labute approximate surface area is 178 Å². The van der Waals surface area contributed by atoms with Crippen LogP contribution in [0.15, 0.2) is 61.1 Å². The predicted octanol–water partition coefficient (Wildman–Crippen LogP) is 5.93. The van der Waals surface area contributed by atoms with E-state index in [1.807, 2.05) is 12.1 Å². The van der Waals surface area contributed by atoms with Crippen molar-refractivity contribution in [1.82, 2.24) is 9.97 Å². The standard InChI is InChI=1S/C25H29N3O2/c1-17(2)20-12-21(25(3,4)5)14-22(13-20)28(16-18-8-10-26-11-9-18)23-7-6-19(15-27-23)24(29)30/h6-15,17H,16H2,1-5H3,(H,29,30). The Kier molecular flexibility index (Phi) is 6.20. The van der Waals surface area contributed by atoms with Gasteiger partial charge in [0.25, 0.3) is 0 Å². The summed E-state index contributed by atoms with van der Waals surface area (Å²) in [4.78, 5) is 22.0. The molecule has 0 amide bonds. The van der Waals surface area contributed by atoms with E-state index in [9.17, 15) is 9.90 Å². The van der Waals surface area contributed by atoms with E-state index in [1.165, 1.54) is 17.3 Å². The van der Waals surface area contributed by atoms with Gasteiger partial charge < -0.3 is 10.0 Å². The van der Waals surface area contributed by atoms with Gasteiger partial charge in [0.2, 0.25) is 0 Å². The predicted molar refractivity (Wildman–Crippen MR) is 121 cm³/mol. The van der Waals surface area contributed by atoms with Gasteiger partial charge in [0, 0.05) is 30.8 Å². The van der Waals surface area contributed by atoms with Crippen LogP contribution in [0.4, 0.5) is 11.5 Å². The van der Waals surface area contributed by atoms with Crippen molar-refractivity contribution in [2.24, 2.45) is 0 Å². The van der Waals surface area contributed by atoms with E-state index >= 15 is 0 Å². The number of benzene rings is 1. The van der Waals surface area contributed by atoms with Crippen LogP contribution in [0, 0.1) is 0 Å². The monoisotopic (exact) mass is 403 g/mol. The number of carboxylic acid groups (broad SMARTS) is 1. The molecular weight excluding hydrogens is 374 g/mol. The van der Waals surface area contributed by atoms with E-state index in [0.717, 1.165) is 11.3 Å². The molecule has 0 unspecified atom stereocenters. The highest BCUT2D eigenvalue weighted by atomic mass is 16.4. The second-order valence-electron chi connectivity index (χ2n) is 8.87.